The number of fused-ring (bicyclic) bond motifs is 3. The van der Waals surface area contributed by atoms with Crippen LogP contribution < -0.4 is 5.73 Å². The number of carbonyl (C=O) groups is 1. The molecule has 3 aliphatic rings. The summed E-state index contributed by atoms with van der Waals surface area (Å²) in [6.07, 6.45) is 2.31. The number of carbonyl (C=O) groups excluding carboxylic acids is 1. The molecule has 2 N–H and O–H groups in total. The van der Waals surface area contributed by atoms with Crippen molar-refractivity contribution in [3.63, 3.8) is 0 Å². The third kappa shape index (κ3) is 2.61. The molecule has 3 fully saturated rings. The molecule has 4 heteroatoms. The monoisotopic (exact) mass is 324 g/mol. The lowest BCUT2D eigenvalue weighted by Crippen LogP contribution is -2.46. The molecule has 0 saturated carbocycles. The second kappa shape index (κ2) is 6.02. The first kappa shape index (κ1) is 15.3. The fourth-order valence-corrected chi connectivity index (χ4v) is 4.38. The molecule has 2 aromatic carbocycles. The Bertz CT molecular complexity index is 781. The van der Waals surface area contributed by atoms with Crippen LogP contribution in [0.1, 0.15) is 34.7 Å². The van der Waals surface area contributed by atoms with Gasteiger partial charge in [-0.25, -0.2) is 4.39 Å². The van der Waals surface area contributed by atoms with E-state index < -0.39 is 5.91 Å². The highest BCUT2D eigenvalue weighted by Gasteiger charge is 2.37. The van der Waals surface area contributed by atoms with Crippen LogP contribution in [0, 0.1) is 11.7 Å². The van der Waals surface area contributed by atoms with Crippen LogP contribution in [-0.2, 0) is 0 Å². The van der Waals surface area contributed by atoms with E-state index in [1.807, 2.05) is 18.2 Å². The standard InChI is InChI=1S/C20H21FN2O/c21-15-4-1-3-14(11-15)16-5-2-6-17(20(22)24)19(16)18-12-23-9-7-13(18)8-10-23/h1-6,11,13,18H,7-10,12H2,(H2,22,24). The fraction of sp³-hybridized carbons (Fsp3) is 0.350. The normalized spacial score (nSPS) is 25.6. The molecule has 0 aromatic heterocycles. The van der Waals surface area contributed by atoms with E-state index in [4.69, 9.17) is 5.73 Å². The second-order valence-electron chi connectivity index (χ2n) is 6.89. The molecule has 0 spiro atoms. The van der Waals surface area contributed by atoms with Crippen molar-refractivity contribution >= 4 is 5.91 Å². The summed E-state index contributed by atoms with van der Waals surface area (Å²) in [6.45, 7) is 3.22. The maximum absolute atomic E-state index is 13.7. The van der Waals surface area contributed by atoms with Crippen LogP contribution in [0.15, 0.2) is 42.5 Å². The van der Waals surface area contributed by atoms with Gasteiger partial charge in [-0.3, -0.25) is 4.79 Å². The predicted octanol–water partition coefficient (Wildman–Crippen LogP) is 3.40. The van der Waals surface area contributed by atoms with E-state index in [-0.39, 0.29) is 11.7 Å². The van der Waals surface area contributed by atoms with E-state index in [1.165, 1.54) is 12.1 Å². The van der Waals surface area contributed by atoms with Gasteiger partial charge in [0.1, 0.15) is 5.82 Å². The molecule has 5 rings (SSSR count). The van der Waals surface area contributed by atoms with Gasteiger partial charge < -0.3 is 10.6 Å². The van der Waals surface area contributed by atoms with Crippen molar-refractivity contribution in [3.8, 4) is 11.1 Å². The third-order valence-corrected chi connectivity index (χ3v) is 5.53. The summed E-state index contributed by atoms with van der Waals surface area (Å²) in [7, 11) is 0. The van der Waals surface area contributed by atoms with Crippen molar-refractivity contribution in [1.29, 1.82) is 0 Å². The minimum absolute atomic E-state index is 0.267. The number of nitrogens with zero attached hydrogens (tertiary/aromatic N) is 1. The maximum Gasteiger partial charge on any atom is 0.249 e. The van der Waals surface area contributed by atoms with Gasteiger partial charge in [-0.05, 0) is 66.7 Å². The number of halogens is 1. The number of hydrogen-bond acceptors (Lipinski definition) is 2. The van der Waals surface area contributed by atoms with Crippen molar-refractivity contribution in [2.24, 2.45) is 11.7 Å². The second-order valence-corrected chi connectivity index (χ2v) is 6.89. The van der Waals surface area contributed by atoms with Crippen molar-refractivity contribution in [3.05, 3.63) is 59.4 Å². The molecule has 2 aromatic rings. The first-order valence-corrected chi connectivity index (χ1v) is 8.54. The Morgan fingerprint density at radius 1 is 1.12 bits per heavy atom. The van der Waals surface area contributed by atoms with Crippen LogP contribution in [-0.4, -0.2) is 30.4 Å². The lowest BCUT2D eigenvalue weighted by Gasteiger charge is -2.46. The third-order valence-electron chi connectivity index (χ3n) is 5.53. The SMILES string of the molecule is NC(=O)c1cccc(-c2cccc(F)c2)c1C1CN2CCC1CC2. The summed E-state index contributed by atoms with van der Waals surface area (Å²) < 4.78 is 13.7. The van der Waals surface area contributed by atoms with E-state index in [0.29, 0.717) is 11.5 Å². The molecule has 3 heterocycles. The Morgan fingerprint density at radius 2 is 1.88 bits per heavy atom. The van der Waals surface area contributed by atoms with Crippen molar-refractivity contribution in [2.75, 3.05) is 19.6 Å². The van der Waals surface area contributed by atoms with Crippen LogP contribution in [0.2, 0.25) is 0 Å². The summed E-state index contributed by atoms with van der Waals surface area (Å²) in [5, 5.41) is 0. The van der Waals surface area contributed by atoms with Crippen LogP contribution in [0.3, 0.4) is 0 Å². The van der Waals surface area contributed by atoms with Crippen LogP contribution in [0.5, 0.6) is 0 Å². The van der Waals surface area contributed by atoms with Gasteiger partial charge >= 0.3 is 0 Å². The maximum atomic E-state index is 13.7. The quantitative estimate of drug-likeness (QED) is 0.940. The highest BCUT2D eigenvalue weighted by atomic mass is 19.1. The zero-order chi connectivity index (χ0) is 16.7. The topological polar surface area (TPSA) is 46.3 Å². The Balaban J connectivity index is 1.88. The van der Waals surface area contributed by atoms with Gasteiger partial charge in [-0.2, -0.15) is 0 Å². The van der Waals surface area contributed by atoms with Gasteiger partial charge in [0.15, 0.2) is 0 Å². The van der Waals surface area contributed by atoms with Crippen LogP contribution in [0.4, 0.5) is 4.39 Å². The average molecular weight is 324 g/mol. The number of hydrogen-bond donors (Lipinski definition) is 1. The fourth-order valence-electron chi connectivity index (χ4n) is 4.38. The van der Waals surface area contributed by atoms with Gasteiger partial charge in [0.05, 0.1) is 0 Å². The number of benzene rings is 2. The number of piperidine rings is 3. The van der Waals surface area contributed by atoms with Crippen molar-refractivity contribution in [2.45, 2.75) is 18.8 Å². The Morgan fingerprint density at radius 3 is 2.50 bits per heavy atom. The molecule has 3 aliphatic heterocycles. The summed E-state index contributed by atoms with van der Waals surface area (Å²) in [5.41, 5.74) is 9.00. The van der Waals surface area contributed by atoms with E-state index in [1.54, 1.807) is 12.1 Å². The number of primary amides is 1. The van der Waals surface area contributed by atoms with Gasteiger partial charge in [0.2, 0.25) is 5.91 Å². The first-order chi connectivity index (χ1) is 11.6. The van der Waals surface area contributed by atoms with E-state index in [9.17, 15) is 9.18 Å². The number of amides is 1. The molecular formula is C20H21FN2O. The molecule has 1 atom stereocenters. The minimum atomic E-state index is -0.403. The number of nitrogens with two attached hydrogens (primary N) is 1. The predicted molar refractivity (Wildman–Crippen MR) is 92.3 cm³/mol. The molecule has 24 heavy (non-hydrogen) atoms. The summed E-state index contributed by atoms with van der Waals surface area (Å²) >= 11 is 0. The largest absolute Gasteiger partial charge is 0.366 e. The van der Waals surface area contributed by atoms with Gasteiger partial charge in [-0.1, -0.05) is 24.3 Å². The lowest BCUT2D eigenvalue weighted by atomic mass is 9.72. The smallest absolute Gasteiger partial charge is 0.249 e. The molecule has 0 aliphatic carbocycles. The summed E-state index contributed by atoms with van der Waals surface area (Å²) in [6, 6.07) is 12.2. The zero-order valence-corrected chi connectivity index (χ0v) is 13.5. The highest BCUT2D eigenvalue weighted by Crippen LogP contribution is 2.43. The molecule has 1 amide bonds. The average Bonchev–Trinajstić information content (AvgIpc) is 2.62. The van der Waals surface area contributed by atoms with Gasteiger partial charge in [0.25, 0.3) is 0 Å². The minimum Gasteiger partial charge on any atom is -0.366 e. The zero-order valence-electron chi connectivity index (χ0n) is 13.5. The molecule has 3 nitrogen and oxygen atoms in total. The Labute approximate surface area is 141 Å². The molecular weight excluding hydrogens is 303 g/mol. The molecule has 0 radical (unpaired) electrons. The van der Waals surface area contributed by atoms with Gasteiger partial charge in [0, 0.05) is 18.0 Å². The first-order valence-electron chi connectivity index (χ1n) is 8.54. The van der Waals surface area contributed by atoms with E-state index >= 15 is 0 Å². The van der Waals surface area contributed by atoms with E-state index in [2.05, 4.69) is 4.90 Å². The molecule has 2 bridgehead atoms. The molecule has 3 saturated heterocycles. The number of rotatable bonds is 3. The van der Waals surface area contributed by atoms with Crippen LogP contribution in [0.25, 0.3) is 11.1 Å². The highest BCUT2D eigenvalue weighted by molar-refractivity contribution is 5.96. The Hall–Kier alpha value is -2.20. The van der Waals surface area contributed by atoms with Gasteiger partial charge in [-0.15, -0.1) is 0 Å². The Kier molecular flexibility index (Phi) is 3.85. The lowest BCUT2D eigenvalue weighted by molar-refractivity contribution is 0.0858. The summed E-state index contributed by atoms with van der Waals surface area (Å²) in [4.78, 5) is 14.5. The van der Waals surface area contributed by atoms with Crippen molar-refractivity contribution in [1.82, 2.24) is 4.90 Å². The van der Waals surface area contributed by atoms with E-state index in [0.717, 1.165) is 49.2 Å². The summed E-state index contributed by atoms with van der Waals surface area (Å²) in [5.74, 6) is 0.189. The van der Waals surface area contributed by atoms with Crippen LogP contribution >= 0.6 is 0 Å². The molecule has 1 unspecified atom stereocenters. The molecule has 124 valence electrons. The van der Waals surface area contributed by atoms with Crippen molar-refractivity contribution < 1.29 is 9.18 Å².